The molecule has 98 valence electrons. The van der Waals surface area contributed by atoms with Crippen molar-refractivity contribution in [2.24, 2.45) is 11.8 Å². The van der Waals surface area contributed by atoms with E-state index >= 15 is 0 Å². The smallest absolute Gasteiger partial charge is 0.324 e. The van der Waals surface area contributed by atoms with Gasteiger partial charge in [0.05, 0.1) is 0 Å². The Kier molecular flexibility index (Phi) is 3.76. The summed E-state index contributed by atoms with van der Waals surface area (Å²) in [6.07, 6.45) is 7.12. The van der Waals surface area contributed by atoms with Crippen LogP contribution in [0.1, 0.15) is 52.4 Å². The predicted molar refractivity (Wildman–Crippen MR) is 68.0 cm³/mol. The molecule has 0 amide bonds. The lowest BCUT2D eigenvalue weighted by molar-refractivity contribution is -0.153. The minimum absolute atomic E-state index is 0.391. The SMILES string of the molecule is CCCC1CCN(C(C)(C(=O)O)C2CC2)CC1. The van der Waals surface area contributed by atoms with E-state index in [4.69, 9.17) is 0 Å². The molecule has 1 aliphatic heterocycles. The van der Waals surface area contributed by atoms with Crippen molar-refractivity contribution in [1.29, 1.82) is 0 Å². The van der Waals surface area contributed by atoms with Crippen molar-refractivity contribution in [3.63, 3.8) is 0 Å². The fourth-order valence-electron chi connectivity index (χ4n) is 3.31. The van der Waals surface area contributed by atoms with Crippen molar-refractivity contribution in [3.8, 4) is 0 Å². The number of rotatable bonds is 5. The van der Waals surface area contributed by atoms with Gasteiger partial charge in [-0.05, 0) is 57.5 Å². The topological polar surface area (TPSA) is 40.5 Å². The number of carboxylic acids is 1. The monoisotopic (exact) mass is 239 g/mol. The first-order chi connectivity index (χ1) is 8.09. The number of hydrogen-bond donors (Lipinski definition) is 1. The Morgan fingerprint density at radius 1 is 1.29 bits per heavy atom. The Bertz CT molecular complexity index is 280. The molecule has 1 unspecified atom stereocenters. The van der Waals surface area contributed by atoms with Crippen LogP contribution in [0.15, 0.2) is 0 Å². The third-order valence-electron chi connectivity index (χ3n) is 4.77. The standard InChI is InChI=1S/C14H25NO2/c1-3-4-11-7-9-15(10-8-11)14(2,13(16)17)12-5-6-12/h11-12H,3-10H2,1-2H3,(H,16,17). The first kappa shape index (κ1) is 12.9. The average Bonchev–Trinajstić information content (AvgIpc) is 3.13. The molecule has 1 atom stereocenters. The molecule has 17 heavy (non-hydrogen) atoms. The minimum atomic E-state index is -0.617. The summed E-state index contributed by atoms with van der Waals surface area (Å²) in [5, 5.41) is 9.52. The van der Waals surface area contributed by atoms with Gasteiger partial charge in [-0.15, -0.1) is 0 Å². The Hall–Kier alpha value is -0.570. The molecular formula is C14H25NO2. The van der Waals surface area contributed by atoms with E-state index in [0.29, 0.717) is 5.92 Å². The normalized spacial score (nSPS) is 26.7. The van der Waals surface area contributed by atoms with Crippen LogP contribution < -0.4 is 0 Å². The molecule has 2 rings (SSSR count). The molecule has 2 aliphatic rings. The molecular weight excluding hydrogens is 214 g/mol. The van der Waals surface area contributed by atoms with Crippen LogP contribution in [-0.2, 0) is 4.79 Å². The number of nitrogens with zero attached hydrogens (tertiary/aromatic N) is 1. The first-order valence-corrected chi connectivity index (χ1v) is 7.07. The molecule has 0 aromatic rings. The highest BCUT2D eigenvalue weighted by atomic mass is 16.4. The van der Waals surface area contributed by atoms with E-state index < -0.39 is 11.5 Å². The van der Waals surface area contributed by atoms with E-state index in [9.17, 15) is 9.90 Å². The molecule has 1 aliphatic carbocycles. The molecule has 0 bridgehead atoms. The van der Waals surface area contributed by atoms with Crippen LogP contribution in [0.4, 0.5) is 0 Å². The van der Waals surface area contributed by atoms with Gasteiger partial charge in [-0.3, -0.25) is 9.69 Å². The van der Waals surface area contributed by atoms with Crippen LogP contribution in [-0.4, -0.2) is 34.6 Å². The number of aliphatic carboxylic acids is 1. The predicted octanol–water partition coefficient (Wildman–Crippen LogP) is 2.75. The third-order valence-corrected chi connectivity index (χ3v) is 4.77. The maximum atomic E-state index is 11.6. The van der Waals surface area contributed by atoms with Gasteiger partial charge in [-0.2, -0.15) is 0 Å². The van der Waals surface area contributed by atoms with E-state index in [1.54, 1.807) is 0 Å². The number of likely N-dealkylation sites (tertiary alicyclic amines) is 1. The van der Waals surface area contributed by atoms with E-state index in [2.05, 4.69) is 11.8 Å². The number of carboxylic acid groups (broad SMARTS) is 1. The molecule has 1 N–H and O–H groups in total. The van der Waals surface area contributed by atoms with Crippen molar-refractivity contribution < 1.29 is 9.90 Å². The van der Waals surface area contributed by atoms with Crippen LogP contribution in [0.5, 0.6) is 0 Å². The Morgan fingerprint density at radius 2 is 1.88 bits per heavy atom. The largest absolute Gasteiger partial charge is 0.480 e. The zero-order valence-corrected chi connectivity index (χ0v) is 11.1. The summed E-state index contributed by atoms with van der Waals surface area (Å²) in [5.74, 6) is 0.602. The third kappa shape index (κ3) is 2.49. The molecule has 1 saturated carbocycles. The van der Waals surface area contributed by atoms with Crippen LogP contribution in [0.2, 0.25) is 0 Å². The maximum absolute atomic E-state index is 11.6. The van der Waals surface area contributed by atoms with Gasteiger partial charge >= 0.3 is 5.97 Å². The van der Waals surface area contributed by atoms with Gasteiger partial charge in [0.15, 0.2) is 0 Å². The lowest BCUT2D eigenvalue weighted by Crippen LogP contribution is -2.56. The van der Waals surface area contributed by atoms with Crippen LogP contribution in [0, 0.1) is 11.8 Å². The highest BCUT2D eigenvalue weighted by Gasteiger charge is 2.51. The average molecular weight is 239 g/mol. The van der Waals surface area contributed by atoms with Crippen molar-refractivity contribution in [2.75, 3.05) is 13.1 Å². The Balaban J connectivity index is 1.96. The van der Waals surface area contributed by atoms with Gasteiger partial charge < -0.3 is 5.11 Å². The molecule has 0 radical (unpaired) electrons. The lowest BCUT2D eigenvalue weighted by Gasteiger charge is -2.42. The van der Waals surface area contributed by atoms with Crippen molar-refractivity contribution in [2.45, 2.75) is 57.9 Å². The highest BCUT2D eigenvalue weighted by Crippen LogP contribution is 2.44. The first-order valence-electron chi connectivity index (χ1n) is 7.07. The molecule has 0 aromatic carbocycles. The fraction of sp³-hybridized carbons (Fsp3) is 0.929. The van der Waals surface area contributed by atoms with Gasteiger partial charge in [0.25, 0.3) is 0 Å². The van der Waals surface area contributed by atoms with Gasteiger partial charge in [-0.25, -0.2) is 0 Å². The maximum Gasteiger partial charge on any atom is 0.324 e. The number of carbonyl (C=O) groups is 1. The summed E-state index contributed by atoms with van der Waals surface area (Å²) < 4.78 is 0. The van der Waals surface area contributed by atoms with Crippen LogP contribution in [0.3, 0.4) is 0 Å². The zero-order chi connectivity index (χ0) is 12.5. The summed E-state index contributed by atoms with van der Waals surface area (Å²) in [7, 11) is 0. The minimum Gasteiger partial charge on any atom is -0.480 e. The van der Waals surface area contributed by atoms with Crippen LogP contribution >= 0.6 is 0 Å². The second-order valence-corrected chi connectivity index (χ2v) is 5.95. The molecule has 2 fully saturated rings. The second-order valence-electron chi connectivity index (χ2n) is 5.95. The number of piperidine rings is 1. The quantitative estimate of drug-likeness (QED) is 0.802. The highest BCUT2D eigenvalue weighted by molar-refractivity contribution is 5.79. The van der Waals surface area contributed by atoms with Gasteiger partial charge in [0.1, 0.15) is 5.54 Å². The van der Waals surface area contributed by atoms with Crippen molar-refractivity contribution in [3.05, 3.63) is 0 Å². The van der Waals surface area contributed by atoms with E-state index in [0.717, 1.165) is 31.8 Å². The lowest BCUT2D eigenvalue weighted by atomic mass is 9.86. The Labute approximate surface area is 104 Å². The van der Waals surface area contributed by atoms with Gasteiger partial charge in [-0.1, -0.05) is 19.8 Å². The summed E-state index contributed by atoms with van der Waals surface area (Å²) in [6, 6.07) is 0. The van der Waals surface area contributed by atoms with E-state index in [-0.39, 0.29) is 0 Å². The summed E-state index contributed by atoms with van der Waals surface area (Å²) in [5.41, 5.74) is -0.586. The second kappa shape index (κ2) is 4.97. The van der Waals surface area contributed by atoms with Gasteiger partial charge in [0, 0.05) is 0 Å². The van der Waals surface area contributed by atoms with E-state index in [1.165, 1.54) is 25.7 Å². The van der Waals surface area contributed by atoms with E-state index in [1.807, 2.05) is 6.92 Å². The summed E-state index contributed by atoms with van der Waals surface area (Å²) >= 11 is 0. The zero-order valence-electron chi connectivity index (χ0n) is 11.1. The molecule has 0 aromatic heterocycles. The Morgan fingerprint density at radius 3 is 2.29 bits per heavy atom. The molecule has 1 saturated heterocycles. The van der Waals surface area contributed by atoms with Crippen molar-refractivity contribution in [1.82, 2.24) is 4.90 Å². The summed E-state index contributed by atoms with van der Waals surface area (Å²) in [6.45, 7) is 6.12. The molecule has 3 heteroatoms. The molecule has 3 nitrogen and oxygen atoms in total. The number of hydrogen-bond acceptors (Lipinski definition) is 2. The fourth-order valence-corrected chi connectivity index (χ4v) is 3.31. The van der Waals surface area contributed by atoms with Gasteiger partial charge in [0.2, 0.25) is 0 Å². The summed E-state index contributed by atoms with van der Waals surface area (Å²) in [4.78, 5) is 13.8. The van der Waals surface area contributed by atoms with Crippen molar-refractivity contribution >= 4 is 5.97 Å². The molecule has 0 spiro atoms. The molecule has 1 heterocycles. The van der Waals surface area contributed by atoms with Crippen LogP contribution in [0.25, 0.3) is 0 Å².